The molecule has 0 saturated heterocycles. The maximum atomic E-state index is 13.6. The number of halogens is 3. The number of anilines is 1. The maximum absolute atomic E-state index is 13.6. The normalized spacial score (nSPS) is 10.5. The van der Waals surface area contributed by atoms with E-state index in [-0.39, 0.29) is 16.4 Å². The van der Waals surface area contributed by atoms with E-state index < -0.39 is 11.7 Å². The van der Waals surface area contributed by atoms with Crippen LogP contribution >= 0.6 is 27.5 Å². The molecule has 1 aromatic carbocycles. The van der Waals surface area contributed by atoms with Crippen LogP contribution in [0, 0.1) is 5.82 Å². The van der Waals surface area contributed by atoms with Crippen LogP contribution < -0.4 is 5.32 Å². The summed E-state index contributed by atoms with van der Waals surface area (Å²) in [4.78, 5) is 12.1. The van der Waals surface area contributed by atoms with Crippen LogP contribution in [0.3, 0.4) is 0 Å². The summed E-state index contributed by atoms with van der Waals surface area (Å²) in [7, 11) is 0. The van der Waals surface area contributed by atoms with Crippen LogP contribution in [0.25, 0.3) is 0 Å². The van der Waals surface area contributed by atoms with Crippen LogP contribution in [-0.4, -0.2) is 15.7 Å². The molecule has 0 bridgehead atoms. The molecule has 1 amide bonds. The Bertz CT molecular complexity index is 629. The molecule has 2 rings (SSSR count). The van der Waals surface area contributed by atoms with E-state index in [1.165, 1.54) is 23.0 Å². The molecule has 4 nitrogen and oxygen atoms in total. The van der Waals surface area contributed by atoms with Gasteiger partial charge in [-0.1, -0.05) is 27.5 Å². The Morgan fingerprint density at radius 1 is 1.58 bits per heavy atom. The first-order chi connectivity index (χ1) is 9.02. The lowest BCUT2D eigenvalue weighted by Crippen LogP contribution is -2.18. The largest absolute Gasteiger partial charge is 0.318 e. The molecule has 100 valence electrons. The highest BCUT2D eigenvalue weighted by molar-refractivity contribution is 9.10. The van der Waals surface area contributed by atoms with Gasteiger partial charge in [-0.2, -0.15) is 5.10 Å². The number of benzene rings is 1. The molecule has 0 aliphatic heterocycles. The Balaban J connectivity index is 2.28. The minimum absolute atomic E-state index is 0.0909. The van der Waals surface area contributed by atoms with E-state index in [1.807, 2.05) is 6.92 Å². The molecule has 0 unspecified atom stereocenters. The lowest BCUT2D eigenvalue weighted by atomic mass is 10.3. The van der Waals surface area contributed by atoms with Gasteiger partial charge in [0.05, 0.1) is 16.9 Å². The summed E-state index contributed by atoms with van der Waals surface area (Å²) < 4.78 is 15.7. The number of hydrogen-bond donors (Lipinski definition) is 1. The van der Waals surface area contributed by atoms with Crippen LogP contribution in [0.5, 0.6) is 0 Å². The topological polar surface area (TPSA) is 46.9 Å². The van der Waals surface area contributed by atoms with Crippen LogP contribution in [0.4, 0.5) is 10.1 Å². The van der Waals surface area contributed by atoms with Gasteiger partial charge in [-0.15, -0.1) is 0 Å². The number of amides is 1. The quantitative estimate of drug-likeness (QED) is 0.921. The van der Waals surface area contributed by atoms with Gasteiger partial charge in [-0.05, 0) is 25.1 Å². The summed E-state index contributed by atoms with van der Waals surface area (Å²) >= 11 is 9.05. The van der Waals surface area contributed by atoms with E-state index >= 15 is 0 Å². The van der Waals surface area contributed by atoms with Crippen molar-refractivity contribution in [3.63, 3.8) is 0 Å². The predicted octanol–water partition coefficient (Wildman–Crippen LogP) is 3.71. The molecule has 0 saturated carbocycles. The molecular formula is C12H10BrClFN3O. The smallest absolute Gasteiger partial charge is 0.275 e. The lowest BCUT2D eigenvalue weighted by molar-refractivity contribution is 0.101. The number of rotatable bonds is 3. The Hall–Kier alpha value is -1.40. The van der Waals surface area contributed by atoms with E-state index in [4.69, 9.17) is 11.6 Å². The molecule has 19 heavy (non-hydrogen) atoms. The Kier molecular flexibility index (Phi) is 4.21. The zero-order chi connectivity index (χ0) is 14.0. The number of aromatic nitrogens is 2. The number of carbonyl (C=O) groups is 1. The zero-order valence-electron chi connectivity index (χ0n) is 9.95. The summed E-state index contributed by atoms with van der Waals surface area (Å²) in [5, 5.41) is 6.66. The molecule has 0 atom stereocenters. The molecule has 1 heterocycles. The number of hydrogen-bond acceptors (Lipinski definition) is 2. The highest BCUT2D eigenvalue weighted by atomic mass is 79.9. The predicted molar refractivity (Wildman–Crippen MR) is 75.0 cm³/mol. The van der Waals surface area contributed by atoms with Gasteiger partial charge in [-0.3, -0.25) is 9.48 Å². The molecule has 1 N–H and O–H groups in total. The van der Waals surface area contributed by atoms with E-state index in [9.17, 15) is 9.18 Å². The molecule has 0 aliphatic carbocycles. The third-order valence-electron chi connectivity index (χ3n) is 2.49. The third kappa shape index (κ3) is 2.96. The van der Waals surface area contributed by atoms with Crippen LogP contribution in [0.2, 0.25) is 5.02 Å². The van der Waals surface area contributed by atoms with Gasteiger partial charge < -0.3 is 5.32 Å². The molecule has 0 fully saturated rings. The number of aryl methyl sites for hydroxylation is 1. The number of nitrogens with one attached hydrogen (secondary N) is 1. The SMILES string of the molecule is CCn1ncc(Cl)c1C(=O)Nc1ccc(Br)cc1F. The lowest BCUT2D eigenvalue weighted by Gasteiger charge is -2.08. The average Bonchev–Trinajstić information content (AvgIpc) is 2.74. The first-order valence-corrected chi connectivity index (χ1v) is 6.67. The van der Waals surface area contributed by atoms with Gasteiger partial charge in [-0.25, -0.2) is 4.39 Å². The fraction of sp³-hybridized carbons (Fsp3) is 0.167. The maximum Gasteiger partial charge on any atom is 0.275 e. The van der Waals surface area contributed by atoms with Crippen molar-refractivity contribution in [1.29, 1.82) is 0 Å². The van der Waals surface area contributed by atoms with Crippen LogP contribution in [0.1, 0.15) is 17.4 Å². The van der Waals surface area contributed by atoms with Crippen molar-refractivity contribution in [3.8, 4) is 0 Å². The van der Waals surface area contributed by atoms with Crippen LogP contribution in [0.15, 0.2) is 28.9 Å². The second-order valence-electron chi connectivity index (χ2n) is 3.74. The fourth-order valence-electron chi connectivity index (χ4n) is 1.60. The second kappa shape index (κ2) is 5.71. The van der Waals surface area contributed by atoms with Crippen molar-refractivity contribution in [2.75, 3.05) is 5.32 Å². The van der Waals surface area contributed by atoms with E-state index in [2.05, 4.69) is 26.3 Å². The Morgan fingerprint density at radius 3 is 2.95 bits per heavy atom. The highest BCUT2D eigenvalue weighted by Crippen LogP contribution is 2.21. The summed E-state index contributed by atoms with van der Waals surface area (Å²) in [6, 6.07) is 4.38. The van der Waals surface area contributed by atoms with Crippen molar-refractivity contribution in [3.05, 3.63) is 45.4 Å². The summed E-state index contributed by atoms with van der Waals surface area (Å²) in [5.74, 6) is -1.02. The van der Waals surface area contributed by atoms with Gasteiger partial charge in [0.15, 0.2) is 0 Å². The Labute approximate surface area is 122 Å². The summed E-state index contributed by atoms with van der Waals surface area (Å²) in [6.45, 7) is 2.33. The van der Waals surface area contributed by atoms with Crippen LogP contribution in [-0.2, 0) is 6.54 Å². The van der Waals surface area contributed by atoms with Crippen molar-refractivity contribution < 1.29 is 9.18 Å². The molecular weight excluding hydrogens is 337 g/mol. The first-order valence-electron chi connectivity index (χ1n) is 5.50. The first kappa shape index (κ1) is 14.0. The van der Waals surface area contributed by atoms with Crippen molar-refractivity contribution in [2.24, 2.45) is 0 Å². The molecule has 0 aliphatic rings. The van der Waals surface area contributed by atoms with Gasteiger partial charge in [0, 0.05) is 11.0 Å². The average molecular weight is 347 g/mol. The van der Waals surface area contributed by atoms with E-state index in [0.717, 1.165) is 0 Å². The molecule has 7 heteroatoms. The molecule has 0 spiro atoms. The summed E-state index contributed by atoms with van der Waals surface area (Å²) in [6.07, 6.45) is 1.39. The third-order valence-corrected chi connectivity index (χ3v) is 3.26. The van der Waals surface area contributed by atoms with E-state index in [0.29, 0.717) is 11.0 Å². The highest BCUT2D eigenvalue weighted by Gasteiger charge is 2.18. The fourth-order valence-corrected chi connectivity index (χ4v) is 2.16. The van der Waals surface area contributed by atoms with Gasteiger partial charge in [0.2, 0.25) is 0 Å². The minimum Gasteiger partial charge on any atom is -0.318 e. The minimum atomic E-state index is -0.526. The number of nitrogens with zero attached hydrogens (tertiary/aromatic N) is 2. The standard InChI is InChI=1S/C12H10BrClFN3O/c1-2-18-11(8(14)6-16-18)12(19)17-10-4-3-7(13)5-9(10)15/h3-6H,2H2,1H3,(H,17,19). The second-order valence-corrected chi connectivity index (χ2v) is 5.06. The Morgan fingerprint density at radius 2 is 2.32 bits per heavy atom. The molecule has 1 aromatic heterocycles. The summed E-state index contributed by atoms with van der Waals surface area (Å²) in [5.41, 5.74) is 0.305. The number of carbonyl (C=O) groups excluding carboxylic acids is 1. The van der Waals surface area contributed by atoms with Crippen molar-refractivity contribution in [1.82, 2.24) is 9.78 Å². The van der Waals surface area contributed by atoms with Crippen molar-refractivity contribution in [2.45, 2.75) is 13.5 Å². The van der Waals surface area contributed by atoms with E-state index in [1.54, 1.807) is 6.07 Å². The van der Waals surface area contributed by atoms with Crippen molar-refractivity contribution >= 4 is 39.1 Å². The zero-order valence-corrected chi connectivity index (χ0v) is 12.3. The van der Waals surface area contributed by atoms with Gasteiger partial charge >= 0.3 is 0 Å². The van der Waals surface area contributed by atoms with Gasteiger partial charge in [0.1, 0.15) is 11.5 Å². The molecule has 0 radical (unpaired) electrons. The monoisotopic (exact) mass is 345 g/mol. The molecule has 2 aromatic rings. The van der Waals surface area contributed by atoms with Gasteiger partial charge in [0.25, 0.3) is 5.91 Å².